The molecule has 0 radical (unpaired) electrons. The van der Waals surface area contributed by atoms with Crippen molar-refractivity contribution in [1.82, 2.24) is 0 Å². The van der Waals surface area contributed by atoms with Crippen molar-refractivity contribution in [2.24, 2.45) is 23.7 Å². The Hall–Kier alpha value is -0.540. The van der Waals surface area contributed by atoms with E-state index in [0.717, 1.165) is 38.7 Å². The first kappa shape index (κ1) is 24.1. The van der Waals surface area contributed by atoms with E-state index in [1.165, 1.54) is 7.11 Å². The normalized spacial score (nSPS) is 34.9. The van der Waals surface area contributed by atoms with Gasteiger partial charge in [0.15, 0.2) is 12.6 Å². The number of rotatable bonds is 10. The molecule has 3 fully saturated rings. The molecule has 8 heteroatoms. The lowest BCUT2D eigenvalue weighted by molar-refractivity contribution is -0.227. The third-order valence-corrected chi connectivity index (χ3v) is 8.05. The second-order valence-corrected chi connectivity index (χ2v) is 9.80. The standard InChI is InChI=1S/C22H35BrO7/c1-26-18(24)8-6-7-16(23)15-11-13-14(21(15)25)12-17(20(13)22(27-2)28-3)30-19-9-4-5-10-29-19/h13-17,19-20,22H,4-12H2,1-3H3. The van der Waals surface area contributed by atoms with Gasteiger partial charge < -0.3 is 23.7 Å². The number of halogens is 1. The van der Waals surface area contributed by atoms with Crippen molar-refractivity contribution in [3.63, 3.8) is 0 Å². The number of ketones is 1. The topological polar surface area (TPSA) is 80.3 Å². The van der Waals surface area contributed by atoms with E-state index in [2.05, 4.69) is 15.9 Å². The molecule has 0 bridgehead atoms. The van der Waals surface area contributed by atoms with Crippen LogP contribution >= 0.6 is 15.9 Å². The molecule has 172 valence electrons. The summed E-state index contributed by atoms with van der Waals surface area (Å²) in [5.74, 6) is 0.160. The Morgan fingerprint density at radius 2 is 1.97 bits per heavy atom. The van der Waals surface area contributed by atoms with Crippen molar-refractivity contribution in [3.8, 4) is 0 Å². The molecule has 0 spiro atoms. The monoisotopic (exact) mass is 490 g/mol. The van der Waals surface area contributed by atoms with E-state index in [1.807, 2.05) is 0 Å². The molecule has 30 heavy (non-hydrogen) atoms. The molecule has 0 aromatic heterocycles. The van der Waals surface area contributed by atoms with Gasteiger partial charge in [-0.25, -0.2) is 0 Å². The fourth-order valence-electron chi connectivity index (χ4n) is 5.48. The summed E-state index contributed by atoms with van der Waals surface area (Å²) in [7, 11) is 4.68. The van der Waals surface area contributed by atoms with Crippen LogP contribution in [0.1, 0.15) is 51.4 Å². The van der Waals surface area contributed by atoms with E-state index >= 15 is 0 Å². The lowest BCUT2D eigenvalue weighted by Gasteiger charge is -2.34. The SMILES string of the molecule is COC(=O)CCCC(Br)C1CC2C(CC(OC3CCCCO3)C2C(OC)OC)C1=O. The molecule has 1 aliphatic heterocycles. The highest BCUT2D eigenvalue weighted by Gasteiger charge is 2.57. The molecule has 7 nitrogen and oxygen atoms in total. The Morgan fingerprint density at radius 1 is 1.20 bits per heavy atom. The van der Waals surface area contributed by atoms with E-state index in [9.17, 15) is 9.59 Å². The zero-order valence-corrected chi connectivity index (χ0v) is 19.8. The number of carbonyl (C=O) groups is 2. The van der Waals surface area contributed by atoms with E-state index in [0.29, 0.717) is 25.0 Å². The third kappa shape index (κ3) is 5.44. The highest BCUT2D eigenvalue weighted by atomic mass is 79.9. The number of esters is 1. The first-order valence-electron chi connectivity index (χ1n) is 11.1. The molecule has 0 aromatic carbocycles. The van der Waals surface area contributed by atoms with Crippen LogP contribution in [0, 0.1) is 23.7 Å². The number of carbonyl (C=O) groups excluding carboxylic acids is 2. The summed E-state index contributed by atoms with van der Waals surface area (Å²) in [5.41, 5.74) is 0. The summed E-state index contributed by atoms with van der Waals surface area (Å²) < 4.78 is 28.1. The largest absolute Gasteiger partial charge is 0.469 e. The van der Waals surface area contributed by atoms with Crippen molar-refractivity contribution >= 4 is 27.7 Å². The van der Waals surface area contributed by atoms with E-state index in [4.69, 9.17) is 23.7 Å². The maximum Gasteiger partial charge on any atom is 0.305 e. The van der Waals surface area contributed by atoms with Gasteiger partial charge in [0, 0.05) is 49.8 Å². The van der Waals surface area contributed by atoms with Crippen LogP contribution < -0.4 is 0 Å². The van der Waals surface area contributed by atoms with Gasteiger partial charge in [-0.2, -0.15) is 0 Å². The van der Waals surface area contributed by atoms with Crippen molar-refractivity contribution in [2.45, 2.75) is 74.9 Å². The fourth-order valence-corrected chi connectivity index (χ4v) is 6.28. The minimum atomic E-state index is -0.409. The van der Waals surface area contributed by atoms with Gasteiger partial charge in [0.1, 0.15) is 5.78 Å². The van der Waals surface area contributed by atoms with Crippen molar-refractivity contribution < 1.29 is 33.3 Å². The zero-order chi connectivity index (χ0) is 21.7. The fraction of sp³-hybridized carbons (Fsp3) is 0.909. The molecule has 3 rings (SSSR count). The van der Waals surface area contributed by atoms with Crippen LogP contribution in [-0.2, 0) is 33.3 Å². The molecule has 7 unspecified atom stereocenters. The summed E-state index contributed by atoms with van der Waals surface area (Å²) in [6.07, 6.45) is 5.67. The molecule has 2 saturated carbocycles. The Morgan fingerprint density at radius 3 is 2.60 bits per heavy atom. The van der Waals surface area contributed by atoms with Gasteiger partial charge in [0.2, 0.25) is 0 Å². The molecule has 7 atom stereocenters. The van der Waals surface area contributed by atoms with Crippen LogP contribution in [0.4, 0.5) is 0 Å². The van der Waals surface area contributed by atoms with E-state index in [1.54, 1.807) is 14.2 Å². The highest BCUT2D eigenvalue weighted by Crippen LogP contribution is 2.53. The number of alkyl halides is 1. The van der Waals surface area contributed by atoms with Gasteiger partial charge in [0.05, 0.1) is 13.2 Å². The predicted molar refractivity (Wildman–Crippen MR) is 113 cm³/mol. The van der Waals surface area contributed by atoms with Gasteiger partial charge in [-0.05, 0) is 50.9 Å². The van der Waals surface area contributed by atoms with E-state index < -0.39 is 6.29 Å². The molecule has 0 amide bonds. The minimum Gasteiger partial charge on any atom is -0.469 e. The smallest absolute Gasteiger partial charge is 0.305 e. The molecular weight excluding hydrogens is 456 g/mol. The molecule has 0 N–H and O–H groups in total. The third-order valence-electron chi connectivity index (χ3n) is 6.95. The highest BCUT2D eigenvalue weighted by molar-refractivity contribution is 9.09. The van der Waals surface area contributed by atoms with Gasteiger partial charge in [-0.15, -0.1) is 0 Å². The molecule has 1 heterocycles. The Balaban J connectivity index is 1.64. The molecular formula is C22H35BrO7. The second kappa shape index (κ2) is 11.4. The lowest BCUT2D eigenvalue weighted by atomic mass is 9.88. The Bertz CT molecular complexity index is 576. The summed E-state index contributed by atoms with van der Waals surface area (Å²) in [4.78, 5) is 24.7. The number of hydrogen-bond donors (Lipinski definition) is 0. The van der Waals surface area contributed by atoms with Gasteiger partial charge >= 0.3 is 5.97 Å². The van der Waals surface area contributed by atoms with Crippen LogP contribution in [0.3, 0.4) is 0 Å². The summed E-state index contributed by atoms with van der Waals surface area (Å²) >= 11 is 3.72. The average Bonchev–Trinajstić information content (AvgIpc) is 3.26. The van der Waals surface area contributed by atoms with Crippen LogP contribution in [0.2, 0.25) is 0 Å². The number of fused-ring (bicyclic) bond motifs is 1. The molecule has 2 aliphatic carbocycles. The summed E-state index contributed by atoms with van der Waals surface area (Å²) in [6, 6.07) is 0. The van der Waals surface area contributed by atoms with Crippen LogP contribution in [0.5, 0.6) is 0 Å². The van der Waals surface area contributed by atoms with Crippen molar-refractivity contribution in [2.75, 3.05) is 27.9 Å². The summed E-state index contributed by atoms with van der Waals surface area (Å²) in [5, 5.41) is 0. The van der Waals surface area contributed by atoms with Crippen LogP contribution in [0.25, 0.3) is 0 Å². The number of hydrogen-bond acceptors (Lipinski definition) is 7. The lowest BCUT2D eigenvalue weighted by Crippen LogP contribution is -2.39. The summed E-state index contributed by atoms with van der Waals surface area (Å²) in [6.45, 7) is 0.727. The average molecular weight is 491 g/mol. The number of ether oxygens (including phenoxy) is 5. The molecule has 3 aliphatic rings. The van der Waals surface area contributed by atoms with Crippen LogP contribution in [0.15, 0.2) is 0 Å². The predicted octanol–water partition coefficient (Wildman–Crippen LogP) is 3.47. The second-order valence-electron chi connectivity index (χ2n) is 8.62. The molecule has 0 aromatic rings. The van der Waals surface area contributed by atoms with E-state index in [-0.39, 0.29) is 46.9 Å². The van der Waals surface area contributed by atoms with Crippen LogP contribution in [-0.4, -0.2) is 63.2 Å². The molecule has 1 saturated heterocycles. The maximum absolute atomic E-state index is 13.3. The first-order valence-corrected chi connectivity index (χ1v) is 12.0. The van der Waals surface area contributed by atoms with Gasteiger partial charge in [-0.1, -0.05) is 15.9 Å². The van der Waals surface area contributed by atoms with Crippen molar-refractivity contribution in [1.29, 1.82) is 0 Å². The Labute approximate surface area is 187 Å². The minimum absolute atomic E-state index is 0.000698. The van der Waals surface area contributed by atoms with Gasteiger partial charge in [0.25, 0.3) is 0 Å². The zero-order valence-electron chi connectivity index (χ0n) is 18.2. The Kier molecular flexibility index (Phi) is 9.13. The first-order chi connectivity index (χ1) is 14.5. The van der Waals surface area contributed by atoms with Crippen molar-refractivity contribution in [3.05, 3.63) is 0 Å². The number of methoxy groups -OCH3 is 3. The maximum atomic E-state index is 13.3. The quantitative estimate of drug-likeness (QED) is 0.263. The van der Waals surface area contributed by atoms with Gasteiger partial charge in [-0.3, -0.25) is 9.59 Å². The number of Topliss-reactive ketones (excluding diaryl/α,β-unsaturated/α-hetero) is 1.